The predicted octanol–water partition coefficient (Wildman–Crippen LogP) is 2.74. The van der Waals surface area contributed by atoms with Crippen LogP contribution in [0.2, 0.25) is 0 Å². The Bertz CT molecular complexity index is 1270. The van der Waals surface area contributed by atoms with Crippen molar-refractivity contribution >= 4 is 13.6 Å². The van der Waals surface area contributed by atoms with Crippen LogP contribution in [0.3, 0.4) is 0 Å². The molecule has 2 unspecified atom stereocenters. The number of nitrogens with zero attached hydrogens (tertiary/aromatic N) is 1. The normalized spacial score (nSPS) is 26.5. The molecule has 0 aliphatic carbocycles. The van der Waals surface area contributed by atoms with E-state index in [1.165, 1.54) is 26.0 Å². The molecule has 0 amide bonds. The number of hydrogen-bond acceptors (Lipinski definition) is 9. The van der Waals surface area contributed by atoms with Gasteiger partial charge in [-0.25, -0.2) is 18.1 Å². The molecule has 38 heavy (non-hydrogen) atoms. The first-order valence-corrected chi connectivity index (χ1v) is 13.6. The van der Waals surface area contributed by atoms with E-state index in [0.29, 0.717) is 4.57 Å². The largest absolute Gasteiger partial charge is 0.463 e. The topological polar surface area (TPSA) is 146 Å². The summed E-state index contributed by atoms with van der Waals surface area (Å²) in [5.74, 6) is -1.43. The van der Waals surface area contributed by atoms with Gasteiger partial charge in [0.1, 0.15) is 24.6 Å². The summed E-state index contributed by atoms with van der Waals surface area (Å²) in [7, 11) is -4.21. The van der Waals surface area contributed by atoms with E-state index in [1.807, 2.05) is 4.98 Å². The van der Waals surface area contributed by atoms with Crippen LogP contribution in [-0.4, -0.2) is 63.5 Å². The molecule has 11 nitrogen and oxygen atoms in total. The Morgan fingerprint density at radius 3 is 2.45 bits per heavy atom. The summed E-state index contributed by atoms with van der Waals surface area (Å²) in [6.45, 7) is 4.32. The number of esters is 1. The summed E-state index contributed by atoms with van der Waals surface area (Å²) < 4.78 is 66.1. The number of aromatic amines is 1. The van der Waals surface area contributed by atoms with E-state index in [2.05, 4.69) is 0 Å². The predicted molar refractivity (Wildman–Crippen MR) is 132 cm³/mol. The van der Waals surface area contributed by atoms with Gasteiger partial charge < -0.3 is 19.1 Å². The van der Waals surface area contributed by atoms with E-state index in [0.717, 1.165) is 12.3 Å². The van der Waals surface area contributed by atoms with Crippen molar-refractivity contribution < 1.29 is 41.8 Å². The monoisotopic (exact) mass is 560 g/mol. The molecule has 1 aliphatic heterocycles. The van der Waals surface area contributed by atoms with Crippen LogP contribution >= 0.6 is 7.60 Å². The second-order valence-corrected chi connectivity index (χ2v) is 11.4. The number of H-pyrrole nitrogens is 1. The molecule has 2 aromatic rings. The minimum absolute atomic E-state index is 0.154. The Labute approximate surface area is 217 Å². The average Bonchev–Trinajstić information content (AvgIpc) is 3.10. The SMILES string of the molecule is CC(C)OC(=O)[C@H](C)CP(=O)(Oc1ccccc1)O[C@@H](C)[C@H]1O[C@@H](n2ccc(=O)[nH]c2=O)C(F)(CF)[C@H]1O. The van der Waals surface area contributed by atoms with Gasteiger partial charge in [-0.2, -0.15) is 0 Å². The van der Waals surface area contributed by atoms with Crippen molar-refractivity contribution in [2.75, 3.05) is 12.8 Å². The Morgan fingerprint density at radius 1 is 1.21 bits per heavy atom. The van der Waals surface area contributed by atoms with Gasteiger partial charge in [-0.05, 0) is 32.9 Å². The molecule has 14 heteroatoms. The van der Waals surface area contributed by atoms with Crippen LogP contribution in [-0.2, 0) is 23.4 Å². The molecule has 2 N–H and O–H groups in total. The summed E-state index contributed by atoms with van der Waals surface area (Å²) in [6, 6.07) is 8.86. The van der Waals surface area contributed by atoms with Crippen LogP contribution in [0.15, 0.2) is 52.2 Å². The van der Waals surface area contributed by atoms with Crippen LogP contribution in [0.5, 0.6) is 5.75 Å². The van der Waals surface area contributed by atoms with E-state index >= 15 is 4.39 Å². The van der Waals surface area contributed by atoms with Crippen molar-refractivity contribution in [3.63, 3.8) is 0 Å². The molecule has 1 aromatic heterocycles. The molecule has 2 heterocycles. The average molecular weight is 560 g/mol. The molecule has 1 aromatic carbocycles. The van der Waals surface area contributed by atoms with Gasteiger partial charge in [0.15, 0.2) is 6.23 Å². The highest BCUT2D eigenvalue weighted by atomic mass is 31.2. The van der Waals surface area contributed by atoms with Crippen molar-refractivity contribution in [2.24, 2.45) is 5.92 Å². The summed E-state index contributed by atoms with van der Waals surface area (Å²) >= 11 is 0. The fourth-order valence-corrected chi connectivity index (χ4v) is 6.09. The maximum Gasteiger partial charge on any atom is 0.380 e. The number of aliphatic hydroxyl groups excluding tert-OH is 1. The summed E-state index contributed by atoms with van der Waals surface area (Å²) in [6.07, 6.45) is -7.09. The van der Waals surface area contributed by atoms with Crippen molar-refractivity contribution in [3.8, 4) is 5.75 Å². The first kappa shape index (κ1) is 29.7. The van der Waals surface area contributed by atoms with E-state index in [-0.39, 0.29) is 5.75 Å². The van der Waals surface area contributed by atoms with E-state index in [1.54, 1.807) is 32.0 Å². The van der Waals surface area contributed by atoms with Crippen LogP contribution in [0.4, 0.5) is 8.78 Å². The minimum Gasteiger partial charge on any atom is -0.463 e. The number of benzene rings is 1. The smallest absolute Gasteiger partial charge is 0.380 e. The van der Waals surface area contributed by atoms with Crippen molar-refractivity contribution in [1.29, 1.82) is 0 Å². The number of para-hydroxylation sites is 1. The lowest BCUT2D eigenvalue weighted by atomic mass is 9.95. The second-order valence-electron chi connectivity index (χ2n) is 9.37. The lowest BCUT2D eigenvalue weighted by Crippen LogP contribution is -2.48. The molecular weight excluding hydrogens is 529 g/mol. The highest BCUT2D eigenvalue weighted by molar-refractivity contribution is 7.54. The first-order chi connectivity index (χ1) is 17.8. The fourth-order valence-electron chi connectivity index (χ4n) is 3.99. The highest BCUT2D eigenvalue weighted by Crippen LogP contribution is 2.53. The summed E-state index contributed by atoms with van der Waals surface area (Å²) in [4.78, 5) is 37.9. The zero-order valence-electron chi connectivity index (χ0n) is 21.3. The van der Waals surface area contributed by atoms with Gasteiger partial charge in [-0.1, -0.05) is 25.1 Å². The third-order valence-corrected chi connectivity index (χ3v) is 7.97. The molecule has 3 rings (SSSR count). The molecule has 0 radical (unpaired) electrons. The van der Waals surface area contributed by atoms with Gasteiger partial charge in [-0.15, -0.1) is 0 Å². The summed E-state index contributed by atoms with van der Waals surface area (Å²) in [5, 5.41) is 10.7. The number of rotatable bonds is 11. The Hall–Kier alpha value is -2.86. The van der Waals surface area contributed by atoms with Crippen LogP contribution in [0.25, 0.3) is 0 Å². The Morgan fingerprint density at radius 2 is 1.87 bits per heavy atom. The molecule has 210 valence electrons. The van der Waals surface area contributed by atoms with Crippen LogP contribution < -0.4 is 15.8 Å². The number of nitrogens with one attached hydrogen (secondary N) is 1. The number of alkyl halides is 2. The van der Waals surface area contributed by atoms with Gasteiger partial charge in [0.05, 0.1) is 24.3 Å². The van der Waals surface area contributed by atoms with Crippen LogP contribution in [0.1, 0.15) is 33.9 Å². The van der Waals surface area contributed by atoms with Gasteiger partial charge in [0, 0.05) is 12.3 Å². The van der Waals surface area contributed by atoms with Crippen LogP contribution in [0, 0.1) is 5.92 Å². The van der Waals surface area contributed by atoms with Gasteiger partial charge in [0.25, 0.3) is 5.56 Å². The zero-order chi connectivity index (χ0) is 28.3. The van der Waals surface area contributed by atoms with Crippen molar-refractivity contribution in [2.45, 2.75) is 64.0 Å². The fraction of sp³-hybridized carbons (Fsp3) is 0.542. The molecule has 7 atom stereocenters. The summed E-state index contributed by atoms with van der Waals surface area (Å²) in [5.41, 5.74) is -4.97. The third kappa shape index (κ3) is 6.58. The Kier molecular flexibility index (Phi) is 9.30. The van der Waals surface area contributed by atoms with E-state index in [9.17, 15) is 28.4 Å². The number of ether oxygens (including phenoxy) is 2. The molecule has 1 saturated heterocycles. The molecule has 1 aliphatic rings. The van der Waals surface area contributed by atoms with Gasteiger partial charge in [0.2, 0.25) is 5.67 Å². The molecular formula is C24H31F2N2O9P. The lowest BCUT2D eigenvalue weighted by Gasteiger charge is -2.29. The minimum atomic E-state index is -4.21. The highest BCUT2D eigenvalue weighted by Gasteiger charge is 2.61. The number of aromatic nitrogens is 2. The second kappa shape index (κ2) is 11.9. The Balaban J connectivity index is 1.89. The number of hydrogen-bond donors (Lipinski definition) is 2. The maximum atomic E-state index is 15.7. The molecule has 0 saturated carbocycles. The van der Waals surface area contributed by atoms with E-state index in [4.69, 9.17) is 18.5 Å². The quantitative estimate of drug-likeness (QED) is 0.313. The van der Waals surface area contributed by atoms with Crippen molar-refractivity contribution in [1.82, 2.24) is 9.55 Å². The van der Waals surface area contributed by atoms with E-state index < -0.39 is 79.9 Å². The molecule has 0 bridgehead atoms. The maximum absolute atomic E-state index is 15.7. The lowest BCUT2D eigenvalue weighted by molar-refractivity contribution is -0.151. The number of aliphatic hydroxyl groups is 1. The molecule has 0 spiro atoms. The zero-order valence-corrected chi connectivity index (χ0v) is 22.2. The molecule has 1 fully saturated rings. The van der Waals surface area contributed by atoms with Gasteiger partial charge >= 0.3 is 19.3 Å². The number of halogens is 2. The number of carbonyl (C=O) groups is 1. The van der Waals surface area contributed by atoms with Crippen molar-refractivity contribution in [3.05, 3.63) is 63.4 Å². The third-order valence-electron chi connectivity index (χ3n) is 5.84. The van der Waals surface area contributed by atoms with Gasteiger partial charge in [-0.3, -0.25) is 23.7 Å². The standard InChI is InChI=1S/C24H31F2N2O9P/c1-14(2)34-21(31)15(3)12-38(33,37-17-8-6-5-7-9-17)36-16(4)19-20(30)24(26,13-25)22(35-19)28-11-10-18(29)27-23(28)32/h5-11,14-16,19-20,22,30H,12-13H2,1-4H3,(H,27,29,32)/t15-,16+,19-,20+,22-,24?,38?/m1/s1. The number of carbonyl (C=O) groups excluding carboxylic acids is 1. The first-order valence-electron chi connectivity index (χ1n) is 11.9.